The number of hydrogen-bond donors (Lipinski definition) is 1. The summed E-state index contributed by atoms with van der Waals surface area (Å²) in [6, 6.07) is 7.21. The monoisotopic (exact) mass is 289 g/mol. The van der Waals surface area contributed by atoms with Crippen LogP contribution < -0.4 is 10.1 Å². The molecule has 1 N–H and O–H groups in total. The van der Waals surface area contributed by atoms with Gasteiger partial charge in [0.15, 0.2) is 0 Å². The van der Waals surface area contributed by atoms with Gasteiger partial charge < -0.3 is 10.1 Å². The SMILES string of the molecule is CC(C)CCCC(C)NCc1ccc2c(c1)CC(C)(C)O2. The van der Waals surface area contributed by atoms with E-state index in [0.717, 1.165) is 24.6 Å². The highest BCUT2D eigenvalue weighted by Crippen LogP contribution is 2.35. The predicted octanol–water partition coefficient (Wildman–Crippen LogP) is 4.70. The number of nitrogens with one attached hydrogen (secondary N) is 1. The van der Waals surface area contributed by atoms with Crippen LogP contribution in [0.2, 0.25) is 0 Å². The molecule has 0 saturated carbocycles. The molecule has 0 aliphatic carbocycles. The van der Waals surface area contributed by atoms with E-state index in [1.807, 2.05) is 0 Å². The summed E-state index contributed by atoms with van der Waals surface area (Å²) in [5.41, 5.74) is 2.68. The molecule has 1 aliphatic heterocycles. The van der Waals surface area contributed by atoms with Crippen LogP contribution in [0, 0.1) is 5.92 Å². The van der Waals surface area contributed by atoms with Gasteiger partial charge in [-0.1, -0.05) is 38.8 Å². The number of benzene rings is 1. The summed E-state index contributed by atoms with van der Waals surface area (Å²) in [5, 5.41) is 3.64. The molecule has 0 saturated heterocycles. The lowest BCUT2D eigenvalue weighted by atomic mass is 10.00. The van der Waals surface area contributed by atoms with Crippen molar-refractivity contribution >= 4 is 0 Å². The summed E-state index contributed by atoms with van der Waals surface area (Å²) in [6.07, 6.45) is 4.93. The lowest BCUT2D eigenvalue weighted by molar-refractivity contribution is 0.138. The number of hydrogen-bond acceptors (Lipinski definition) is 2. The molecule has 1 aromatic rings. The van der Waals surface area contributed by atoms with E-state index in [1.54, 1.807) is 0 Å². The molecule has 2 heteroatoms. The van der Waals surface area contributed by atoms with E-state index in [0.29, 0.717) is 6.04 Å². The third-order valence-electron chi connectivity index (χ3n) is 4.20. The fourth-order valence-corrected chi connectivity index (χ4v) is 3.00. The first-order chi connectivity index (χ1) is 9.85. The second kappa shape index (κ2) is 6.83. The zero-order valence-corrected chi connectivity index (χ0v) is 14.3. The van der Waals surface area contributed by atoms with Crippen molar-refractivity contribution in [3.8, 4) is 5.75 Å². The van der Waals surface area contributed by atoms with Crippen LogP contribution >= 0.6 is 0 Å². The summed E-state index contributed by atoms with van der Waals surface area (Å²) in [7, 11) is 0. The molecule has 1 heterocycles. The highest BCUT2D eigenvalue weighted by Gasteiger charge is 2.29. The highest BCUT2D eigenvalue weighted by molar-refractivity contribution is 5.41. The molecule has 1 aliphatic rings. The quantitative estimate of drug-likeness (QED) is 0.785. The van der Waals surface area contributed by atoms with Crippen molar-refractivity contribution in [2.45, 2.75) is 78.5 Å². The molecule has 0 spiro atoms. The van der Waals surface area contributed by atoms with Crippen LogP contribution in [0.5, 0.6) is 5.75 Å². The minimum atomic E-state index is -0.0431. The van der Waals surface area contributed by atoms with Crippen LogP contribution in [0.3, 0.4) is 0 Å². The van der Waals surface area contributed by atoms with Crippen LogP contribution in [0.25, 0.3) is 0 Å². The summed E-state index contributed by atoms with van der Waals surface area (Å²) in [6.45, 7) is 12.2. The topological polar surface area (TPSA) is 21.3 Å². The second-order valence-corrected chi connectivity index (χ2v) is 7.59. The molecule has 21 heavy (non-hydrogen) atoms. The fourth-order valence-electron chi connectivity index (χ4n) is 3.00. The highest BCUT2D eigenvalue weighted by atomic mass is 16.5. The Morgan fingerprint density at radius 2 is 1.95 bits per heavy atom. The Morgan fingerprint density at radius 3 is 2.67 bits per heavy atom. The van der Waals surface area contributed by atoms with Gasteiger partial charge in [-0.15, -0.1) is 0 Å². The Balaban J connectivity index is 1.80. The van der Waals surface area contributed by atoms with Gasteiger partial charge >= 0.3 is 0 Å². The van der Waals surface area contributed by atoms with E-state index < -0.39 is 0 Å². The minimum absolute atomic E-state index is 0.0431. The third-order valence-corrected chi connectivity index (χ3v) is 4.20. The molecule has 0 radical (unpaired) electrons. The van der Waals surface area contributed by atoms with Gasteiger partial charge in [-0.2, -0.15) is 0 Å². The third kappa shape index (κ3) is 5.03. The lowest BCUT2D eigenvalue weighted by Gasteiger charge is -2.16. The normalized spacial score (nSPS) is 17.6. The van der Waals surface area contributed by atoms with Gasteiger partial charge in [0.1, 0.15) is 11.4 Å². The average molecular weight is 289 g/mol. The van der Waals surface area contributed by atoms with Crippen molar-refractivity contribution in [1.29, 1.82) is 0 Å². The molecule has 0 amide bonds. The maximum absolute atomic E-state index is 5.93. The first-order valence-corrected chi connectivity index (χ1v) is 8.40. The van der Waals surface area contributed by atoms with Gasteiger partial charge in [-0.05, 0) is 50.3 Å². The molecule has 118 valence electrons. The van der Waals surface area contributed by atoms with Crippen LogP contribution in [-0.4, -0.2) is 11.6 Å². The molecule has 2 nitrogen and oxygen atoms in total. The molecule has 1 unspecified atom stereocenters. The predicted molar refractivity (Wildman–Crippen MR) is 89.8 cm³/mol. The van der Waals surface area contributed by atoms with E-state index in [1.165, 1.54) is 30.4 Å². The van der Waals surface area contributed by atoms with Gasteiger partial charge in [0.25, 0.3) is 0 Å². The van der Waals surface area contributed by atoms with Crippen molar-refractivity contribution in [3.63, 3.8) is 0 Å². The first kappa shape index (κ1) is 16.4. The molecular weight excluding hydrogens is 258 g/mol. The molecule has 1 atom stereocenters. The van der Waals surface area contributed by atoms with Gasteiger partial charge in [0, 0.05) is 19.0 Å². The zero-order chi connectivity index (χ0) is 15.5. The molecule has 2 rings (SSSR count). The second-order valence-electron chi connectivity index (χ2n) is 7.59. The Kier molecular flexibility index (Phi) is 5.32. The summed E-state index contributed by atoms with van der Waals surface area (Å²) in [5.74, 6) is 1.88. The van der Waals surface area contributed by atoms with E-state index in [4.69, 9.17) is 4.74 Å². The number of fused-ring (bicyclic) bond motifs is 1. The Bertz CT molecular complexity index is 465. The summed E-state index contributed by atoms with van der Waals surface area (Å²) < 4.78 is 5.93. The Morgan fingerprint density at radius 1 is 1.19 bits per heavy atom. The molecule has 0 aromatic heterocycles. The maximum Gasteiger partial charge on any atom is 0.123 e. The van der Waals surface area contributed by atoms with Gasteiger partial charge in [0.2, 0.25) is 0 Å². The molecule has 0 fully saturated rings. The van der Waals surface area contributed by atoms with Gasteiger partial charge in [-0.3, -0.25) is 0 Å². The van der Waals surface area contributed by atoms with Crippen molar-refractivity contribution in [2.75, 3.05) is 0 Å². The summed E-state index contributed by atoms with van der Waals surface area (Å²) in [4.78, 5) is 0. The number of rotatable bonds is 7. The van der Waals surface area contributed by atoms with Crippen molar-refractivity contribution in [1.82, 2.24) is 5.32 Å². The zero-order valence-electron chi connectivity index (χ0n) is 14.3. The van der Waals surface area contributed by atoms with Gasteiger partial charge in [0.05, 0.1) is 0 Å². The largest absolute Gasteiger partial charge is 0.487 e. The molecular formula is C19H31NO. The molecule has 0 bridgehead atoms. The maximum atomic E-state index is 5.93. The lowest BCUT2D eigenvalue weighted by Crippen LogP contribution is -2.25. The number of ether oxygens (including phenoxy) is 1. The Labute approximate surface area is 130 Å². The van der Waals surface area contributed by atoms with Crippen LogP contribution in [0.15, 0.2) is 18.2 Å². The van der Waals surface area contributed by atoms with E-state index >= 15 is 0 Å². The average Bonchev–Trinajstić information content (AvgIpc) is 2.68. The van der Waals surface area contributed by atoms with Crippen molar-refractivity contribution < 1.29 is 4.74 Å². The summed E-state index contributed by atoms with van der Waals surface area (Å²) >= 11 is 0. The molecule has 1 aromatic carbocycles. The van der Waals surface area contributed by atoms with Crippen LogP contribution in [0.1, 0.15) is 65.0 Å². The minimum Gasteiger partial charge on any atom is -0.487 e. The Hall–Kier alpha value is -1.02. The van der Waals surface area contributed by atoms with Crippen LogP contribution in [-0.2, 0) is 13.0 Å². The van der Waals surface area contributed by atoms with Gasteiger partial charge in [-0.25, -0.2) is 0 Å². The standard InChI is InChI=1S/C19H31NO/c1-14(2)7-6-8-15(3)20-13-16-9-10-18-17(11-16)12-19(4,5)21-18/h9-11,14-15,20H,6-8,12-13H2,1-5H3. The van der Waals surface area contributed by atoms with E-state index in [-0.39, 0.29) is 5.60 Å². The van der Waals surface area contributed by atoms with Crippen molar-refractivity contribution in [2.24, 2.45) is 5.92 Å². The first-order valence-electron chi connectivity index (χ1n) is 8.40. The van der Waals surface area contributed by atoms with E-state index in [2.05, 4.69) is 58.1 Å². The van der Waals surface area contributed by atoms with Crippen LogP contribution in [0.4, 0.5) is 0 Å². The fraction of sp³-hybridized carbons (Fsp3) is 0.684. The smallest absolute Gasteiger partial charge is 0.123 e. The van der Waals surface area contributed by atoms with E-state index in [9.17, 15) is 0 Å². The van der Waals surface area contributed by atoms with Crippen molar-refractivity contribution in [3.05, 3.63) is 29.3 Å².